The van der Waals surface area contributed by atoms with Gasteiger partial charge in [0.1, 0.15) is 11.8 Å². The summed E-state index contributed by atoms with van der Waals surface area (Å²) in [6.07, 6.45) is 3.12. The third kappa shape index (κ3) is 4.37. The number of quaternary nitrogens is 1. The molecule has 31 heavy (non-hydrogen) atoms. The fourth-order valence-electron chi connectivity index (χ4n) is 4.01. The highest BCUT2D eigenvalue weighted by Gasteiger charge is 2.29. The number of phenols is 1. The molecular weight excluding hydrogens is 388 g/mol. The highest BCUT2D eigenvalue weighted by Crippen LogP contribution is 2.32. The van der Waals surface area contributed by atoms with Crippen LogP contribution in [-0.2, 0) is 6.42 Å². The van der Waals surface area contributed by atoms with Crippen molar-refractivity contribution in [3.63, 3.8) is 0 Å². The number of phenolic OH excluding ortho intramolecular Hbond substituents is 1. The van der Waals surface area contributed by atoms with Crippen LogP contribution in [0.15, 0.2) is 72.8 Å². The number of ether oxygens (including phenoxy) is 2. The molecule has 0 radical (unpaired) electrons. The molecule has 4 N–H and O–H groups in total. The summed E-state index contributed by atoms with van der Waals surface area (Å²) in [5, 5.41) is 16.4. The minimum Gasteiger partial charge on any atom is -0.507 e. The molecule has 0 aliphatic carbocycles. The molecule has 160 valence electrons. The monoisotopic (exact) mass is 417 g/mol. The molecule has 1 aliphatic rings. The fraction of sp³-hybridized carbons (Fsp3) is 0.231. The van der Waals surface area contributed by atoms with Gasteiger partial charge in [-0.15, -0.1) is 0 Å². The van der Waals surface area contributed by atoms with Crippen molar-refractivity contribution in [3.05, 3.63) is 95.1 Å². The number of hydrogen-bond acceptors (Lipinski definition) is 4. The number of aryl methyl sites for hydroxylation is 1. The van der Waals surface area contributed by atoms with Crippen molar-refractivity contribution in [3.8, 4) is 17.2 Å². The minimum atomic E-state index is -0.0599. The van der Waals surface area contributed by atoms with Gasteiger partial charge in [-0.1, -0.05) is 43.3 Å². The van der Waals surface area contributed by atoms with E-state index in [-0.39, 0.29) is 12.2 Å². The van der Waals surface area contributed by atoms with Crippen LogP contribution in [0.1, 0.15) is 41.4 Å². The van der Waals surface area contributed by atoms with Crippen LogP contribution in [0.25, 0.3) is 5.70 Å². The van der Waals surface area contributed by atoms with Crippen molar-refractivity contribution in [1.29, 1.82) is 0 Å². The number of hydrogen-bond donors (Lipinski definition) is 3. The van der Waals surface area contributed by atoms with E-state index in [1.54, 1.807) is 20.3 Å². The Morgan fingerprint density at radius 1 is 0.935 bits per heavy atom. The number of para-hydroxylation sites is 1. The van der Waals surface area contributed by atoms with Crippen molar-refractivity contribution in [2.75, 3.05) is 14.2 Å². The van der Waals surface area contributed by atoms with E-state index in [1.165, 1.54) is 5.56 Å². The lowest BCUT2D eigenvalue weighted by molar-refractivity contribution is -0.731. The Balaban J connectivity index is 1.74. The van der Waals surface area contributed by atoms with E-state index in [9.17, 15) is 5.11 Å². The summed E-state index contributed by atoms with van der Waals surface area (Å²) in [6.45, 7) is 2.16. The molecular formula is C26H29N2O3+. The van der Waals surface area contributed by atoms with E-state index in [1.807, 2.05) is 36.4 Å². The fourth-order valence-corrected chi connectivity index (χ4v) is 4.01. The predicted octanol–water partition coefficient (Wildman–Crippen LogP) is 3.92. The molecule has 5 nitrogen and oxygen atoms in total. The van der Waals surface area contributed by atoms with Crippen LogP contribution in [0.3, 0.4) is 0 Å². The number of nitrogens with one attached hydrogen (secondary N) is 1. The molecule has 0 aromatic heterocycles. The summed E-state index contributed by atoms with van der Waals surface area (Å²) in [5.41, 5.74) is 5.42. The van der Waals surface area contributed by atoms with Gasteiger partial charge in [0.2, 0.25) is 0 Å². The van der Waals surface area contributed by atoms with Gasteiger partial charge in [0.15, 0.2) is 17.7 Å². The second-order valence-electron chi connectivity index (χ2n) is 7.64. The third-order valence-electron chi connectivity index (χ3n) is 5.79. The Morgan fingerprint density at radius 3 is 2.35 bits per heavy atom. The van der Waals surface area contributed by atoms with Crippen LogP contribution in [0.4, 0.5) is 0 Å². The number of methoxy groups -OCH3 is 2. The molecule has 0 bridgehead atoms. The first-order valence-electron chi connectivity index (χ1n) is 10.6. The van der Waals surface area contributed by atoms with E-state index in [0.717, 1.165) is 28.8 Å². The van der Waals surface area contributed by atoms with Gasteiger partial charge in [-0.25, -0.2) is 0 Å². The number of rotatable bonds is 6. The normalized spacial score (nSPS) is 18.1. The molecule has 0 spiro atoms. The first kappa shape index (κ1) is 20.8. The van der Waals surface area contributed by atoms with Crippen molar-refractivity contribution in [1.82, 2.24) is 5.32 Å². The van der Waals surface area contributed by atoms with Gasteiger partial charge < -0.3 is 25.2 Å². The molecule has 2 unspecified atom stereocenters. The molecule has 0 saturated heterocycles. The van der Waals surface area contributed by atoms with Crippen molar-refractivity contribution >= 4 is 5.70 Å². The quantitative estimate of drug-likeness (QED) is 0.569. The lowest BCUT2D eigenvalue weighted by Crippen LogP contribution is -2.89. The summed E-state index contributed by atoms with van der Waals surface area (Å²) < 4.78 is 10.9. The molecule has 1 aliphatic heterocycles. The summed E-state index contributed by atoms with van der Waals surface area (Å²) in [6, 6.07) is 22.1. The van der Waals surface area contributed by atoms with Crippen molar-refractivity contribution in [2.45, 2.75) is 25.6 Å². The number of aromatic hydroxyl groups is 1. The molecule has 5 heteroatoms. The average molecular weight is 418 g/mol. The average Bonchev–Trinajstić information content (AvgIpc) is 2.83. The van der Waals surface area contributed by atoms with Crippen LogP contribution >= 0.6 is 0 Å². The lowest BCUT2D eigenvalue weighted by Gasteiger charge is -2.30. The first-order chi connectivity index (χ1) is 15.1. The summed E-state index contributed by atoms with van der Waals surface area (Å²) in [4.78, 5) is 0. The Bertz CT molecular complexity index is 1080. The lowest BCUT2D eigenvalue weighted by atomic mass is 9.97. The second-order valence-corrected chi connectivity index (χ2v) is 7.64. The zero-order valence-electron chi connectivity index (χ0n) is 18.1. The second kappa shape index (κ2) is 9.14. The van der Waals surface area contributed by atoms with Crippen molar-refractivity contribution < 1.29 is 19.9 Å². The smallest absolute Gasteiger partial charge is 0.186 e. The van der Waals surface area contributed by atoms with E-state index in [0.29, 0.717) is 17.2 Å². The van der Waals surface area contributed by atoms with Gasteiger partial charge in [0, 0.05) is 17.3 Å². The summed E-state index contributed by atoms with van der Waals surface area (Å²) in [5.74, 6) is 1.69. The largest absolute Gasteiger partial charge is 0.507 e. The maximum Gasteiger partial charge on any atom is 0.186 e. The summed E-state index contributed by atoms with van der Waals surface area (Å²) in [7, 11) is 3.28. The highest BCUT2D eigenvalue weighted by atomic mass is 16.5. The van der Waals surface area contributed by atoms with Gasteiger partial charge in [-0.3, -0.25) is 0 Å². The van der Waals surface area contributed by atoms with Gasteiger partial charge in [0.05, 0.1) is 19.8 Å². The zero-order valence-corrected chi connectivity index (χ0v) is 18.1. The Labute approximate surface area is 183 Å². The van der Waals surface area contributed by atoms with E-state index >= 15 is 0 Å². The van der Waals surface area contributed by atoms with E-state index in [4.69, 9.17) is 9.47 Å². The molecule has 0 fully saturated rings. The molecule has 1 heterocycles. The standard InChI is InChI=1S/C26H28N2O3/c1-4-17-9-11-18(12-10-17)21-16-22(20-7-5-6-8-23(20)29)28-26(27-21)19-13-14-24(30-2)25(15-19)31-3/h5-16,22,26-29H,4H2,1-3H3/p+1. The molecule has 3 aromatic carbocycles. The molecule has 0 amide bonds. The van der Waals surface area contributed by atoms with Crippen LogP contribution in [-0.4, -0.2) is 19.3 Å². The van der Waals surface area contributed by atoms with E-state index < -0.39 is 0 Å². The van der Waals surface area contributed by atoms with Crippen molar-refractivity contribution in [2.24, 2.45) is 0 Å². The Hall–Kier alpha value is -3.44. The minimum absolute atomic E-state index is 0.0404. The molecule has 0 saturated carbocycles. The van der Waals surface area contributed by atoms with Gasteiger partial charge >= 0.3 is 0 Å². The SMILES string of the molecule is CCc1ccc(C2=CC(c3ccccc3O)[NH2+]C(c3ccc(OC)c(OC)c3)N2)cc1. The maximum absolute atomic E-state index is 10.5. The molecule has 4 rings (SSSR count). The van der Waals surface area contributed by atoms with Crippen LogP contribution in [0.5, 0.6) is 17.2 Å². The topological polar surface area (TPSA) is 67.3 Å². The van der Waals surface area contributed by atoms with Gasteiger partial charge in [-0.05, 0) is 47.9 Å². The zero-order chi connectivity index (χ0) is 21.8. The van der Waals surface area contributed by atoms with Crippen LogP contribution < -0.4 is 20.1 Å². The predicted molar refractivity (Wildman–Crippen MR) is 122 cm³/mol. The van der Waals surface area contributed by atoms with Crippen LogP contribution in [0, 0.1) is 0 Å². The Morgan fingerprint density at radius 2 is 1.68 bits per heavy atom. The van der Waals surface area contributed by atoms with Gasteiger partial charge in [-0.2, -0.15) is 0 Å². The maximum atomic E-state index is 10.5. The summed E-state index contributed by atoms with van der Waals surface area (Å²) >= 11 is 0. The van der Waals surface area contributed by atoms with Gasteiger partial charge in [0.25, 0.3) is 0 Å². The Kier molecular flexibility index (Phi) is 6.14. The molecule has 3 aromatic rings. The third-order valence-corrected chi connectivity index (χ3v) is 5.79. The number of benzene rings is 3. The first-order valence-corrected chi connectivity index (χ1v) is 10.6. The molecule has 2 atom stereocenters. The van der Waals surface area contributed by atoms with E-state index in [2.05, 4.69) is 47.9 Å². The highest BCUT2D eigenvalue weighted by molar-refractivity contribution is 5.66. The number of nitrogens with two attached hydrogens (primary N) is 1. The van der Waals surface area contributed by atoms with Crippen LogP contribution in [0.2, 0.25) is 0 Å².